The molecule has 1 aliphatic rings. The molecular weight excluding hydrogens is 424 g/mol. The van der Waals surface area contributed by atoms with Crippen molar-refractivity contribution in [1.82, 2.24) is 10.4 Å². The summed E-state index contributed by atoms with van der Waals surface area (Å²) in [6.07, 6.45) is 8.14. The van der Waals surface area contributed by atoms with Gasteiger partial charge in [-0.3, -0.25) is 9.63 Å². The molecule has 2 atom stereocenters. The third-order valence-electron chi connectivity index (χ3n) is 6.23. The molecule has 1 aliphatic heterocycles. The number of hydrogen-bond acceptors (Lipinski definition) is 5. The number of amides is 1. The fourth-order valence-corrected chi connectivity index (χ4v) is 5.35. The molecule has 0 radical (unpaired) electrons. The minimum atomic E-state index is -1.06. The number of carboxylic acid groups (broad SMARTS) is 1. The molecule has 2 N–H and O–H groups in total. The molecule has 32 heavy (non-hydrogen) atoms. The standard InChI is InChI=1S/C25H34N2O4S/c28-19-27(31-18-21-9-4-1-5-10-21)24(25(29)30)22(23-12-7-17-32-23)11-6-2-3-8-20-13-15-26-16-14-20/h1,4-5,7,9-10,12,17,19-20,22,24,26H,2-3,6,8,11,13-16,18H2,(H,29,30). The van der Waals surface area contributed by atoms with Crippen molar-refractivity contribution in [2.75, 3.05) is 13.1 Å². The van der Waals surface area contributed by atoms with Gasteiger partial charge in [-0.25, -0.2) is 9.86 Å². The van der Waals surface area contributed by atoms with Gasteiger partial charge in [0, 0.05) is 10.8 Å². The molecule has 2 heterocycles. The Morgan fingerprint density at radius 2 is 1.94 bits per heavy atom. The molecule has 1 fully saturated rings. The molecule has 0 saturated carbocycles. The van der Waals surface area contributed by atoms with E-state index in [0.29, 0.717) is 12.8 Å². The maximum atomic E-state index is 12.3. The zero-order valence-electron chi connectivity index (χ0n) is 18.5. The van der Waals surface area contributed by atoms with Crippen molar-refractivity contribution < 1.29 is 19.5 Å². The SMILES string of the molecule is O=CN(OCc1ccccc1)C(C(=O)O)C(CCCCCC1CCNCC1)c1cccs1. The Morgan fingerprint density at radius 1 is 1.16 bits per heavy atom. The first-order chi connectivity index (χ1) is 15.7. The van der Waals surface area contributed by atoms with Crippen LogP contribution in [0.3, 0.4) is 0 Å². The van der Waals surface area contributed by atoms with Crippen LogP contribution < -0.4 is 5.32 Å². The number of nitrogens with zero attached hydrogens (tertiary/aromatic N) is 1. The summed E-state index contributed by atoms with van der Waals surface area (Å²) in [5, 5.41) is 16.4. The molecule has 2 aromatic rings. The monoisotopic (exact) mass is 458 g/mol. The smallest absolute Gasteiger partial charge is 0.329 e. The molecule has 2 unspecified atom stereocenters. The molecule has 6 nitrogen and oxygen atoms in total. The van der Waals surface area contributed by atoms with Crippen LogP contribution in [0.2, 0.25) is 0 Å². The highest BCUT2D eigenvalue weighted by Crippen LogP contribution is 2.33. The van der Waals surface area contributed by atoms with Gasteiger partial charge in [0.05, 0.1) is 0 Å². The Labute approximate surface area is 194 Å². The normalized spacial score (nSPS) is 16.4. The number of benzene rings is 1. The lowest BCUT2D eigenvalue weighted by atomic mass is 9.89. The second kappa shape index (κ2) is 13.4. The first-order valence-corrected chi connectivity index (χ1v) is 12.4. The summed E-state index contributed by atoms with van der Waals surface area (Å²) >= 11 is 1.54. The minimum Gasteiger partial charge on any atom is -0.480 e. The van der Waals surface area contributed by atoms with E-state index in [0.717, 1.165) is 47.4 Å². The van der Waals surface area contributed by atoms with E-state index < -0.39 is 12.0 Å². The Kier molecular flexibility index (Phi) is 10.2. The number of carbonyl (C=O) groups excluding carboxylic acids is 1. The predicted octanol–water partition coefficient (Wildman–Crippen LogP) is 4.83. The highest BCUT2D eigenvalue weighted by atomic mass is 32.1. The molecule has 0 spiro atoms. The molecule has 0 bridgehead atoms. The number of rotatable bonds is 14. The third kappa shape index (κ3) is 7.43. The number of nitrogens with one attached hydrogen (secondary N) is 1. The van der Waals surface area contributed by atoms with Crippen molar-refractivity contribution >= 4 is 23.7 Å². The van der Waals surface area contributed by atoms with Crippen molar-refractivity contribution in [2.45, 2.75) is 63.5 Å². The first kappa shape index (κ1) is 24.4. The van der Waals surface area contributed by atoms with E-state index in [1.165, 1.54) is 37.0 Å². The number of piperidine rings is 1. The van der Waals surface area contributed by atoms with Gasteiger partial charge in [-0.2, -0.15) is 0 Å². The minimum absolute atomic E-state index is 0.150. The van der Waals surface area contributed by atoms with Gasteiger partial charge in [0.25, 0.3) is 0 Å². The van der Waals surface area contributed by atoms with Crippen molar-refractivity contribution in [3.8, 4) is 0 Å². The average Bonchev–Trinajstić information content (AvgIpc) is 3.36. The highest BCUT2D eigenvalue weighted by Gasteiger charge is 2.36. The van der Waals surface area contributed by atoms with Gasteiger partial charge >= 0.3 is 5.97 Å². The van der Waals surface area contributed by atoms with Gasteiger partial charge in [-0.15, -0.1) is 11.3 Å². The number of thiophene rings is 1. The lowest BCUT2D eigenvalue weighted by Crippen LogP contribution is -2.44. The summed E-state index contributed by atoms with van der Waals surface area (Å²) in [5.41, 5.74) is 0.883. The van der Waals surface area contributed by atoms with E-state index in [1.807, 2.05) is 47.8 Å². The Morgan fingerprint density at radius 3 is 2.59 bits per heavy atom. The van der Waals surface area contributed by atoms with E-state index in [1.54, 1.807) is 0 Å². The fourth-order valence-electron chi connectivity index (χ4n) is 4.46. The van der Waals surface area contributed by atoms with Crippen LogP contribution in [-0.2, 0) is 21.0 Å². The molecule has 1 amide bonds. The van der Waals surface area contributed by atoms with Gasteiger partial charge < -0.3 is 10.4 Å². The van der Waals surface area contributed by atoms with Crippen molar-refractivity contribution in [3.63, 3.8) is 0 Å². The van der Waals surface area contributed by atoms with E-state index >= 15 is 0 Å². The number of aliphatic carboxylic acids is 1. The molecule has 1 saturated heterocycles. The molecule has 1 aromatic carbocycles. The van der Waals surface area contributed by atoms with Gasteiger partial charge in [0.2, 0.25) is 6.41 Å². The average molecular weight is 459 g/mol. The lowest BCUT2D eigenvalue weighted by Gasteiger charge is -2.30. The van der Waals surface area contributed by atoms with Crippen molar-refractivity contribution in [1.29, 1.82) is 0 Å². The molecule has 7 heteroatoms. The zero-order valence-corrected chi connectivity index (χ0v) is 19.3. The Hall–Kier alpha value is -2.22. The predicted molar refractivity (Wildman–Crippen MR) is 126 cm³/mol. The molecule has 174 valence electrons. The van der Waals surface area contributed by atoms with Crippen LogP contribution in [0.15, 0.2) is 47.8 Å². The largest absolute Gasteiger partial charge is 0.480 e. The van der Waals surface area contributed by atoms with E-state index in [2.05, 4.69) is 5.32 Å². The number of unbranched alkanes of at least 4 members (excludes halogenated alkanes) is 2. The summed E-state index contributed by atoms with van der Waals surface area (Å²) in [7, 11) is 0. The maximum Gasteiger partial charge on any atom is 0.329 e. The zero-order chi connectivity index (χ0) is 22.6. The van der Waals surface area contributed by atoms with Crippen LogP contribution in [0.4, 0.5) is 0 Å². The lowest BCUT2D eigenvalue weighted by molar-refractivity contribution is -0.203. The van der Waals surface area contributed by atoms with Crippen LogP contribution in [-0.4, -0.2) is 41.7 Å². The van der Waals surface area contributed by atoms with Gasteiger partial charge in [0.1, 0.15) is 6.61 Å². The Balaban J connectivity index is 1.60. The molecule has 0 aliphatic carbocycles. The molecule has 1 aromatic heterocycles. The summed E-state index contributed by atoms with van der Waals surface area (Å²) in [5.74, 6) is -0.529. The van der Waals surface area contributed by atoms with E-state index in [4.69, 9.17) is 4.84 Å². The van der Waals surface area contributed by atoms with Gasteiger partial charge in [0.15, 0.2) is 6.04 Å². The third-order valence-corrected chi connectivity index (χ3v) is 7.23. The Bertz CT molecular complexity index is 794. The second-order valence-corrected chi connectivity index (χ2v) is 9.44. The van der Waals surface area contributed by atoms with Crippen LogP contribution in [0.5, 0.6) is 0 Å². The summed E-state index contributed by atoms with van der Waals surface area (Å²) in [6.45, 7) is 2.39. The summed E-state index contributed by atoms with van der Waals surface area (Å²) in [4.78, 5) is 30.7. The number of carbonyl (C=O) groups is 2. The summed E-state index contributed by atoms with van der Waals surface area (Å²) in [6, 6.07) is 12.3. The summed E-state index contributed by atoms with van der Waals surface area (Å²) < 4.78 is 0. The van der Waals surface area contributed by atoms with Crippen LogP contribution in [0, 0.1) is 5.92 Å². The van der Waals surface area contributed by atoms with E-state index in [-0.39, 0.29) is 12.5 Å². The number of carboxylic acids is 1. The van der Waals surface area contributed by atoms with Gasteiger partial charge in [-0.1, -0.05) is 62.1 Å². The van der Waals surface area contributed by atoms with E-state index in [9.17, 15) is 14.7 Å². The number of hydroxylamine groups is 2. The van der Waals surface area contributed by atoms with Crippen LogP contribution in [0.1, 0.15) is 61.3 Å². The van der Waals surface area contributed by atoms with Crippen molar-refractivity contribution in [3.05, 3.63) is 58.3 Å². The van der Waals surface area contributed by atoms with Gasteiger partial charge in [-0.05, 0) is 55.3 Å². The second-order valence-electron chi connectivity index (χ2n) is 8.46. The molecular formula is C25H34N2O4S. The number of hydrogen-bond donors (Lipinski definition) is 2. The van der Waals surface area contributed by atoms with Crippen molar-refractivity contribution in [2.24, 2.45) is 5.92 Å². The first-order valence-electron chi connectivity index (χ1n) is 11.6. The maximum absolute atomic E-state index is 12.3. The van der Waals surface area contributed by atoms with Crippen LogP contribution in [0.25, 0.3) is 0 Å². The highest BCUT2D eigenvalue weighted by molar-refractivity contribution is 7.10. The van der Waals surface area contributed by atoms with Crippen LogP contribution >= 0.6 is 11.3 Å². The quantitative estimate of drug-likeness (QED) is 0.241. The fraction of sp³-hybridized carbons (Fsp3) is 0.520. The topological polar surface area (TPSA) is 78.9 Å². The molecule has 3 rings (SSSR count).